The van der Waals surface area contributed by atoms with Crippen LogP contribution >= 0.6 is 0 Å². The number of nitrogens with zero attached hydrogens (tertiary/aromatic N) is 2. The lowest BCUT2D eigenvalue weighted by Crippen LogP contribution is -2.37. The molecule has 0 spiro atoms. The zero-order valence-corrected chi connectivity index (χ0v) is 16.1. The van der Waals surface area contributed by atoms with Gasteiger partial charge in [-0.3, -0.25) is 4.98 Å². The second kappa shape index (κ2) is 9.92. The van der Waals surface area contributed by atoms with Gasteiger partial charge in [-0.2, -0.15) is 0 Å². The maximum Gasteiger partial charge on any atom is 0.191 e. The van der Waals surface area contributed by atoms with Gasteiger partial charge in [0.25, 0.3) is 0 Å². The van der Waals surface area contributed by atoms with Gasteiger partial charge in [0.2, 0.25) is 0 Å². The topological polar surface area (TPSA) is 67.8 Å². The Morgan fingerprint density at radius 3 is 2.96 bits per heavy atom. The second-order valence-corrected chi connectivity index (χ2v) is 6.58. The minimum atomic E-state index is 0.130. The van der Waals surface area contributed by atoms with Crippen molar-refractivity contribution in [3.05, 3.63) is 59.4 Å². The van der Waals surface area contributed by atoms with Crippen molar-refractivity contribution in [1.29, 1.82) is 0 Å². The predicted molar refractivity (Wildman–Crippen MR) is 107 cm³/mol. The number of guanidine groups is 1. The van der Waals surface area contributed by atoms with E-state index in [1.807, 2.05) is 18.2 Å². The summed E-state index contributed by atoms with van der Waals surface area (Å²) < 4.78 is 11.6. The lowest BCUT2D eigenvalue weighted by atomic mass is 10.1. The number of rotatable bonds is 7. The van der Waals surface area contributed by atoms with Crippen molar-refractivity contribution in [1.82, 2.24) is 15.6 Å². The molecule has 144 valence electrons. The van der Waals surface area contributed by atoms with Crippen LogP contribution in [-0.2, 0) is 17.8 Å². The highest BCUT2D eigenvalue weighted by Gasteiger charge is 2.18. The van der Waals surface area contributed by atoms with E-state index < -0.39 is 0 Å². The van der Waals surface area contributed by atoms with E-state index in [0.717, 1.165) is 42.5 Å². The molecule has 6 nitrogen and oxygen atoms in total. The number of aromatic nitrogens is 1. The van der Waals surface area contributed by atoms with E-state index >= 15 is 0 Å². The molecular weight excluding hydrogens is 340 g/mol. The van der Waals surface area contributed by atoms with E-state index in [0.29, 0.717) is 19.7 Å². The second-order valence-electron chi connectivity index (χ2n) is 6.58. The first-order chi connectivity index (χ1) is 13.2. The van der Waals surface area contributed by atoms with Crippen LogP contribution in [0.4, 0.5) is 0 Å². The molecule has 1 aromatic heterocycles. The maximum absolute atomic E-state index is 6.16. The number of aryl methyl sites for hydroxylation is 1. The van der Waals surface area contributed by atoms with Gasteiger partial charge in [-0.05, 0) is 37.6 Å². The van der Waals surface area contributed by atoms with Gasteiger partial charge in [0, 0.05) is 24.7 Å². The Hall–Kier alpha value is -2.60. The summed E-state index contributed by atoms with van der Waals surface area (Å²) in [4.78, 5) is 9.05. The van der Waals surface area contributed by atoms with Crippen molar-refractivity contribution in [3.63, 3.8) is 0 Å². The average molecular weight is 368 g/mol. The van der Waals surface area contributed by atoms with E-state index in [1.165, 1.54) is 5.56 Å². The maximum atomic E-state index is 6.16. The number of aliphatic imine (C=N–C) groups is 1. The fourth-order valence-electron chi connectivity index (χ4n) is 2.87. The zero-order chi connectivity index (χ0) is 18.9. The van der Waals surface area contributed by atoms with Crippen LogP contribution in [-0.4, -0.2) is 36.8 Å². The molecule has 0 amide bonds. The molecule has 0 radical (unpaired) electrons. The first kappa shape index (κ1) is 19.2. The summed E-state index contributed by atoms with van der Waals surface area (Å²) in [5, 5.41) is 6.60. The molecule has 0 bridgehead atoms. The number of nitrogens with one attached hydrogen (secondary N) is 2. The molecule has 1 fully saturated rings. The number of ether oxygens (including phenoxy) is 2. The SMILES string of the molecule is CCNC(=NCc1ccc(C)cc1OC1CCOC1)NCc1ccccn1. The first-order valence-electron chi connectivity index (χ1n) is 9.50. The predicted octanol–water partition coefficient (Wildman–Crippen LogP) is 2.81. The van der Waals surface area contributed by atoms with Crippen LogP contribution in [0.5, 0.6) is 5.75 Å². The Bertz CT molecular complexity index is 743. The molecule has 2 N–H and O–H groups in total. The zero-order valence-electron chi connectivity index (χ0n) is 16.1. The third-order valence-corrected chi connectivity index (χ3v) is 4.32. The Kier molecular flexibility index (Phi) is 7.04. The first-order valence-corrected chi connectivity index (χ1v) is 9.50. The van der Waals surface area contributed by atoms with E-state index in [1.54, 1.807) is 6.20 Å². The van der Waals surface area contributed by atoms with Crippen LogP contribution in [0.15, 0.2) is 47.6 Å². The van der Waals surface area contributed by atoms with Gasteiger partial charge in [-0.1, -0.05) is 18.2 Å². The van der Waals surface area contributed by atoms with Crippen LogP contribution in [0.1, 0.15) is 30.2 Å². The quantitative estimate of drug-likeness (QED) is 0.581. The molecule has 6 heteroatoms. The smallest absolute Gasteiger partial charge is 0.191 e. The van der Waals surface area contributed by atoms with E-state index in [-0.39, 0.29) is 6.10 Å². The van der Waals surface area contributed by atoms with Gasteiger partial charge in [-0.15, -0.1) is 0 Å². The Balaban J connectivity index is 1.67. The Morgan fingerprint density at radius 2 is 2.22 bits per heavy atom. The van der Waals surface area contributed by atoms with Crippen LogP contribution in [0.25, 0.3) is 0 Å². The van der Waals surface area contributed by atoms with Gasteiger partial charge in [0.05, 0.1) is 32.0 Å². The van der Waals surface area contributed by atoms with Crippen LogP contribution in [0.3, 0.4) is 0 Å². The van der Waals surface area contributed by atoms with Crippen molar-refractivity contribution in [2.75, 3.05) is 19.8 Å². The minimum absolute atomic E-state index is 0.130. The molecule has 0 aliphatic carbocycles. The summed E-state index contributed by atoms with van der Waals surface area (Å²) in [6.07, 6.45) is 2.86. The number of hydrogen-bond donors (Lipinski definition) is 2. The van der Waals surface area contributed by atoms with Crippen LogP contribution < -0.4 is 15.4 Å². The monoisotopic (exact) mass is 368 g/mol. The van der Waals surface area contributed by atoms with Crippen molar-refractivity contribution in [3.8, 4) is 5.75 Å². The van der Waals surface area contributed by atoms with Gasteiger partial charge < -0.3 is 20.1 Å². The molecule has 27 heavy (non-hydrogen) atoms. The summed E-state index contributed by atoms with van der Waals surface area (Å²) in [5.41, 5.74) is 3.23. The standard InChI is InChI=1S/C21H28N4O2/c1-3-22-21(25-14-18-6-4-5-10-23-18)24-13-17-8-7-16(2)12-20(17)27-19-9-11-26-15-19/h4-8,10,12,19H,3,9,11,13-15H2,1-2H3,(H2,22,24,25). The van der Waals surface area contributed by atoms with Crippen molar-refractivity contribution < 1.29 is 9.47 Å². The highest BCUT2D eigenvalue weighted by Crippen LogP contribution is 2.24. The van der Waals surface area contributed by atoms with E-state index in [4.69, 9.17) is 14.5 Å². The lowest BCUT2D eigenvalue weighted by molar-refractivity contribution is 0.140. The van der Waals surface area contributed by atoms with Crippen LogP contribution in [0.2, 0.25) is 0 Å². The van der Waals surface area contributed by atoms with Crippen molar-refractivity contribution in [2.24, 2.45) is 4.99 Å². The van der Waals surface area contributed by atoms with Gasteiger partial charge in [0.15, 0.2) is 5.96 Å². The van der Waals surface area contributed by atoms with Crippen LogP contribution in [0, 0.1) is 6.92 Å². The molecule has 1 aliphatic heterocycles. The molecule has 0 saturated carbocycles. The number of benzene rings is 1. The molecule has 1 saturated heterocycles. The number of hydrogen-bond acceptors (Lipinski definition) is 4. The average Bonchev–Trinajstić information content (AvgIpc) is 3.19. The Morgan fingerprint density at radius 1 is 1.30 bits per heavy atom. The third-order valence-electron chi connectivity index (χ3n) is 4.32. The fraction of sp³-hybridized carbons (Fsp3) is 0.429. The summed E-state index contributed by atoms with van der Waals surface area (Å²) in [5.74, 6) is 1.66. The van der Waals surface area contributed by atoms with Gasteiger partial charge in [-0.25, -0.2) is 4.99 Å². The largest absolute Gasteiger partial charge is 0.488 e. The fourth-order valence-corrected chi connectivity index (χ4v) is 2.87. The van der Waals surface area contributed by atoms with Gasteiger partial charge in [0.1, 0.15) is 11.9 Å². The molecule has 1 unspecified atom stereocenters. The summed E-state index contributed by atoms with van der Waals surface area (Å²) >= 11 is 0. The number of pyridine rings is 1. The minimum Gasteiger partial charge on any atom is -0.488 e. The normalized spacial score (nSPS) is 17.0. The van der Waals surface area contributed by atoms with Crippen molar-refractivity contribution in [2.45, 2.75) is 39.5 Å². The van der Waals surface area contributed by atoms with E-state index in [2.05, 4.69) is 47.7 Å². The molecule has 1 aliphatic rings. The van der Waals surface area contributed by atoms with Crippen molar-refractivity contribution >= 4 is 5.96 Å². The lowest BCUT2D eigenvalue weighted by Gasteiger charge is -2.16. The summed E-state index contributed by atoms with van der Waals surface area (Å²) in [6.45, 7) is 7.52. The third kappa shape index (κ3) is 5.96. The molecule has 1 aromatic carbocycles. The summed E-state index contributed by atoms with van der Waals surface area (Å²) in [6, 6.07) is 12.2. The molecule has 2 aromatic rings. The Labute approximate surface area is 161 Å². The highest BCUT2D eigenvalue weighted by atomic mass is 16.5. The molecule has 3 rings (SSSR count). The molecular formula is C21H28N4O2. The van der Waals surface area contributed by atoms with Gasteiger partial charge >= 0.3 is 0 Å². The van der Waals surface area contributed by atoms with E-state index in [9.17, 15) is 0 Å². The molecule has 1 atom stereocenters. The molecule has 2 heterocycles. The summed E-state index contributed by atoms with van der Waals surface area (Å²) in [7, 11) is 0. The highest BCUT2D eigenvalue weighted by molar-refractivity contribution is 5.79.